The Morgan fingerprint density at radius 3 is 2.70 bits per heavy atom. The number of ether oxygens (including phenoxy) is 2. The summed E-state index contributed by atoms with van der Waals surface area (Å²) < 4.78 is 26.0. The second-order valence-electron chi connectivity index (χ2n) is 11.0. The molecule has 2 fully saturated rings. The molecule has 2 aromatic carbocycles. The maximum absolute atomic E-state index is 15.3. The number of amides is 2. The van der Waals surface area contributed by atoms with Crippen molar-refractivity contribution in [1.82, 2.24) is 10.2 Å². The Morgan fingerprint density at radius 1 is 1.23 bits per heavy atom. The van der Waals surface area contributed by atoms with Gasteiger partial charge in [0.15, 0.2) is 11.6 Å². The number of aryl methyl sites for hydroxylation is 1. The van der Waals surface area contributed by atoms with E-state index in [9.17, 15) is 19.8 Å². The molecule has 40 heavy (non-hydrogen) atoms. The second-order valence-corrected chi connectivity index (χ2v) is 11.0. The molecule has 0 spiro atoms. The average molecular weight is 558 g/mol. The average Bonchev–Trinajstić information content (AvgIpc) is 3.29. The molecular weight excluding hydrogens is 517 g/mol. The molecule has 0 bridgehead atoms. The first kappa shape index (κ1) is 29.8. The van der Waals surface area contributed by atoms with Gasteiger partial charge in [0.25, 0.3) is 0 Å². The minimum atomic E-state index is -1.57. The number of halogens is 1. The Hall–Kier alpha value is -3.21. The first-order chi connectivity index (χ1) is 19.1. The summed E-state index contributed by atoms with van der Waals surface area (Å²) in [4.78, 5) is 26.7. The summed E-state index contributed by atoms with van der Waals surface area (Å²) in [6.45, 7) is 2.95. The van der Waals surface area contributed by atoms with Crippen LogP contribution in [0, 0.1) is 24.6 Å². The highest BCUT2D eigenvalue weighted by molar-refractivity contribution is 5.79. The lowest BCUT2D eigenvalue weighted by Crippen LogP contribution is -2.49. The van der Waals surface area contributed by atoms with E-state index in [-0.39, 0.29) is 37.1 Å². The third-order valence-electron chi connectivity index (χ3n) is 8.17. The summed E-state index contributed by atoms with van der Waals surface area (Å²) >= 11 is 0. The lowest BCUT2D eigenvalue weighted by atomic mass is 9.73. The highest BCUT2D eigenvalue weighted by Gasteiger charge is 2.45. The van der Waals surface area contributed by atoms with Crippen molar-refractivity contribution in [1.29, 1.82) is 0 Å². The third-order valence-corrected chi connectivity index (χ3v) is 8.17. The lowest BCUT2D eigenvalue weighted by molar-refractivity contribution is -0.141. The quantitative estimate of drug-likeness (QED) is 0.346. The number of methoxy groups -OCH3 is 1. The maximum Gasteiger partial charge on any atom is 0.406 e. The zero-order chi connectivity index (χ0) is 28.9. The van der Waals surface area contributed by atoms with Crippen LogP contribution in [0.25, 0.3) is 0 Å². The van der Waals surface area contributed by atoms with Crippen LogP contribution in [0.3, 0.4) is 0 Å². The smallest absolute Gasteiger partial charge is 0.406 e. The number of alkyl carbamates (subject to hydrolysis) is 1. The van der Waals surface area contributed by atoms with Crippen molar-refractivity contribution in [3.05, 3.63) is 59.4 Å². The van der Waals surface area contributed by atoms with Gasteiger partial charge in [-0.15, -0.1) is 0 Å². The minimum absolute atomic E-state index is 0.0649. The molecule has 1 aliphatic carbocycles. The standard InChI is InChI=1S/C30H40FN3O6/c1-19-7-3-9-22(15-19)40-27-23(10-4-11-24(27)31)30(38,12-6-13-33-29(37)39-2)21-8-5-14-34(18-21)28(36)20-16-25(32)26(35)17-20/h3-4,7,9-11,15,20-21,25-26,35,38H,5-6,8,12-14,16-18,32H2,1-2H3,(H,33,37)/t20-,21+,25+,26-,30?/m0/s1. The number of nitrogens with one attached hydrogen (secondary N) is 1. The number of hydrogen-bond donors (Lipinski definition) is 4. The number of piperidine rings is 1. The van der Waals surface area contributed by atoms with Gasteiger partial charge in [-0.1, -0.05) is 24.3 Å². The van der Waals surface area contributed by atoms with Crippen LogP contribution in [0.1, 0.15) is 49.7 Å². The van der Waals surface area contributed by atoms with E-state index in [1.807, 2.05) is 19.1 Å². The predicted molar refractivity (Wildman–Crippen MR) is 147 cm³/mol. The molecule has 4 rings (SSSR count). The fourth-order valence-corrected chi connectivity index (χ4v) is 6.00. The number of likely N-dealkylation sites (tertiary alicyclic amines) is 1. The van der Waals surface area contributed by atoms with Gasteiger partial charge in [-0.2, -0.15) is 0 Å². The Labute approximate surface area is 234 Å². The summed E-state index contributed by atoms with van der Waals surface area (Å²) in [5, 5.41) is 25.1. The number of rotatable bonds is 9. The van der Waals surface area contributed by atoms with E-state index < -0.39 is 35.6 Å². The molecule has 2 aliphatic rings. The number of carbonyl (C=O) groups excluding carboxylic acids is 2. The molecule has 2 aromatic rings. The number of aliphatic hydroxyl groups excluding tert-OH is 1. The van der Waals surface area contributed by atoms with Crippen molar-refractivity contribution in [3.8, 4) is 11.5 Å². The van der Waals surface area contributed by atoms with E-state index in [2.05, 4.69) is 10.1 Å². The topological polar surface area (TPSA) is 134 Å². The van der Waals surface area contributed by atoms with E-state index in [0.29, 0.717) is 50.0 Å². The molecule has 1 unspecified atom stereocenters. The predicted octanol–water partition coefficient (Wildman–Crippen LogP) is 3.59. The number of benzene rings is 2. The van der Waals surface area contributed by atoms with Crippen molar-refractivity contribution in [2.24, 2.45) is 17.6 Å². The summed E-state index contributed by atoms with van der Waals surface area (Å²) in [5.74, 6) is -1.10. The van der Waals surface area contributed by atoms with E-state index >= 15 is 4.39 Å². The van der Waals surface area contributed by atoms with Gasteiger partial charge in [0, 0.05) is 43.1 Å². The molecule has 10 heteroatoms. The van der Waals surface area contributed by atoms with E-state index in [0.717, 1.165) is 5.56 Å². The van der Waals surface area contributed by atoms with Crippen LogP contribution in [0.4, 0.5) is 9.18 Å². The molecule has 1 saturated carbocycles. The highest BCUT2D eigenvalue weighted by atomic mass is 19.1. The number of nitrogens with zero attached hydrogens (tertiary/aromatic N) is 1. The molecular formula is C30H40FN3O6. The first-order valence-electron chi connectivity index (χ1n) is 13.9. The molecule has 5 atom stereocenters. The van der Waals surface area contributed by atoms with E-state index in [1.165, 1.54) is 13.2 Å². The van der Waals surface area contributed by atoms with Crippen LogP contribution in [-0.2, 0) is 15.1 Å². The Kier molecular flexibility index (Phi) is 9.65. The lowest BCUT2D eigenvalue weighted by Gasteiger charge is -2.44. The van der Waals surface area contributed by atoms with Crippen molar-refractivity contribution < 1.29 is 33.7 Å². The summed E-state index contributed by atoms with van der Waals surface area (Å²) in [7, 11) is 1.27. The number of carbonyl (C=O) groups is 2. The molecule has 5 N–H and O–H groups in total. The van der Waals surface area contributed by atoms with Crippen molar-refractivity contribution in [2.45, 2.75) is 63.2 Å². The van der Waals surface area contributed by atoms with Crippen LogP contribution in [0.2, 0.25) is 0 Å². The van der Waals surface area contributed by atoms with Crippen LogP contribution >= 0.6 is 0 Å². The fraction of sp³-hybridized carbons (Fsp3) is 0.533. The SMILES string of the molecule is COC(=O)NCCCC(O)(c1cccc(F)c1Oc1cccc(C)c1)[C@@H]1CCCN(C(=O)[C@H]2C[C@@H](N)[C@@H](O)C2)C1. The van der Waals surface area contributed by atoms with Gasteiger partial charge in [0.2, 0.25) is 5.91 Å². The van der Waals surface area contributed by atoms with Crippen molar-refractivity contribution in [2.75, 3.05) is 26.7 Å². The Morgan fingerprint density at radius 2 is 2.00 bits per heavy atom. The van der Waals surface area contributed by atoms with Crippen LogP contribution in [0.15, 0.2) is 42.5 Å². The van der Waals surface area contributed by atoms with Crippen molar-refractivity contribution in [3.63, 3.8) is 0 Å². The summed E-state index contributed by atoms with van der Waals surface area (Å²) in [5.41, 5.74) is 5.63. The normalized spacial score (nSPS) is 24.3. The van der Waals surface area contributed by atoms with Gasteiger partial charge < -0.3 is 35.6 Å². The molecule has 1 aliphatic heterocycles. The molecule has 218 valence electrons. The highest BCUT2D eigenvalue weighted by Crippen LogP contribution is 2.45. The van der Waals surface area contributed by atoms with Crippen LogP contribution in [-0.4, -0.2) is 66.0 Å². The second kappa shape index (κ2) is 13.0. The van der Waals surface area contributed by atoms with Gasteiger partial charge in [-0.25, -0.2) is 9.18 Å². The zero-order valence-electron chi connectivity index (χ0n) is 23.1. The van der Waals surface area contributed by atoms with Gasteiger partial charge in [0.05, 0.1) is 18.8 Å². The third kappa shape index (κ3) is 6.74. The van der Waals surface area contributed by atoms with E-state index in [1.54, 1.807) is 29.2 Å². The maximum atomic E-state index is 15.3. The number of para-hydroxylation sites is 1. The number of nitrogens with two attached hydrogens (primary N) is 1. The van der Waals surface area contributed by atoms with Crippen LogP contribution in [0.5, 0.6) is 11.5 Å². The van der Waals surface area contributed by atoms with E-state index in [4.69, 9.17) is 10.5 Å². The van der Waals surface area contributed by atoms with Gasteiger partial charge in [-0.05, 0) is 69.2 Å². The Balaban J connectivity index is 1.64. The molecule has 1 saturated heterocycles. The van der Waals surface area contributed by atoms with Gasteiger partial charge in [0.1, 0.15) is 5.75 Å². The monoisotopic (exact) mass is 557 g/mol. The zero-order valence-corrected chi connectivity index (χ0v) is 23.1. The minimum Gasteiger partial charge on any atom is -0.454 e. The van der Waals surface area contributed by atoms with Gasteiger partial charge in [-0.3, -0.25) is 4.79 Å². The van der Waals surface area contributed by atoms with Crippen molar-refractivity contribution >= 4 is 12.0 Å². The largest absolute Gasteiger partial charge is 0.454 e. The molecule has 9 nitrogen and oxygen atoms in total. The molecule has 0 aromatic heterocycles. The molecule has 0 radical (unpaired) electrons. The Bertz CT molecular complexity index is 1190. The summed E-state index contributed by atoms with van der Waals surface area (Å²) in [6, 6.07) is 11.3. The van der Waals surface area contributed by atoms with Crippen LogP contribution < -0.4 is 15.8 Å². The molecule has 1 heterocycles. The summed E-state index contributed by atoms with van der Waals surface area (Å²) in [6.07, 6.45) is 1.28. The fourth-order valence-electron chi connectivity index (χ4n) is 6.00. The number of hydrogen-bond acceptors (Lipinski definition) is 7. The first-order valence-corrected chi connectivity index (χ1v) is 13.9. The van der Waals surface area contributed by atoms with Gasteiger partial charge >= 0.3 is 6.09 Å². The number of aliphatic hydroxyl groups is 2. The molecule has 2 amide bonds.